The Bertz CT molecular complexity index is 542. The predicted molar refractivity (Wildman–Crippen MR) is 126 cm³/mol. The normalized spacial score (nSPS) is 10.9. The van der Waals surface area contributed by atoms with Gasteiger partial charge in [0.15, 0.2) is 0 Å². The van der Waals surface area contributed by atoms with Gasteiger partial charge in [0.05, 0.1) is 7.11 Å². The number of carbonyl (C=O) groups excluding carboxylic acids is 1. The van der Waals surface area contributed by atoms with E-state index in [2.05, 4.69) is 12.2 Å². The van der Waals surface area contributed by atoms with Crippen molar-refractivity contribution in [2.24, 2.45) is 0 Å². The summed E-state index contributed by atoms with van der Waals surface area (Å²) < 4.78 is 5.25. The minimum Gasteiger partial charge on any atom is -0.496 e. The molecule has 0 heterocycles. The van der Waals surface area contributed by atoms with Crippen LogP contribution in [0.1, 0.15) is 115 Å². The van der Waals surface area contributed by atoms with E-state index in [0.29, 0.717) is 6.42 Å². The molecule has 0 bridgehead atoms. The number of ether oxygens (including phenoxy) is 1. The second kappa shape index (κ2) is 17.4. The molecule has 0 radical (unpaired) electrons. The van der Waals surface area contributed by atoms with Crippen molar-refractivity contribution in [3.63, 3.8) is 0 Å². The standard InChI is InChI=1S/C26H45NO2/c1-4-5-6-7-8-9-10-11-12-13-14-15-16-17-18-19-26(28)27-24-20-21-25(29-3)23(2)22-24/h20-22H,4-19H2,1-3H3,(H,27,28). The summed E-state index contributed by atoms with van der Waals surface area (Å²) in [5.41, 5.74) is 1.89. The van der Waals surface area contributed by atoms with E-state index in [0.717, 1.165) is 29.8 Å². The first kappa shape index (κ1) is 25.5. The highest BCUT2D eigenvalue weighted by molar-refractivity contribution is 5.90. The minimum atomic E-state index is 0.115. The number of methoxy groups -OCH3 is 1. The molecule has 0 aliphatic heterocycles. The van der Waals surface area contributed by atoms with Gasteiger partial charge in [-0.25, -0.2) is 0 Å². The molecule has 1 aromatic rings. The molecule has 1 aromatic carbocycles. The van der Waals surface area contributed by atoms with E-state index in [4.69, 9.17) is 4.74 Å². The van der Waals surface area contributed by atoms with E-state index >= 15 is 0 Å². The van der Waals surface area contributed by atoms with Crippen LogP contribution in [0.2, 0.25) is 0 Å². The first-order valence-corrected chi connectivity index (χ1v) is 12.1. The van der Waals surface area contributed by atoms with Crippen LogP contribution in [0.25, 0.3) is 0 Å². The van der Waals surface area contributed by atoms with Crippen LogP contribution >= 0.6 is 0 Å². The Labute approximate surface area is 180 Å². The van der Waals surface area contributed by atoms with Gasteiger partial charge in [-0.15, -0.1) is 0 Å². The molecule has 29 heavy (non-hydrogen) atoms. The van der Waals surface area contributed by atoms with Gasteiger partial charge in [-0.3, -0.25) is 4.79 Å². The maximum absolute atomic E-state index is 12.1. The number of benzene rings is 1. The minimum absolute atomic E-state index is 0.115. The van der Waals surface area contributed by atoms with Gasteiger partial charge in [0, 0.05) is 12.1 Å². The van der Waals surface area contributed by atoms with E-state index in [1.54, 1.807) is 7.11 Å². The SMILES string of the molecule is CCCCCCCCCCCCCCCCCC(=O)Nc1ccc(OC)c(C)c1. The lowest BCUT2D eigenvalue weighted by Gasteiger charge is -2.09. The number of aryl methyl sites for hydroxylation is 1. The van der Waals surface area contributed by atoms with Crippen LogP contribution in [-0.4, -0.2) is 13.0 Å². The van der Waals surface area contributed by atoms with Crippen LogP contribution < -0.4 is 10.1 Å². The van der Waals surface area contributed by atoms with E-state index < -0.39 is 0 Å². The molecule has 166 valence electrons. The van der Waals surface area contributed by atoms with Crippen molar-refractivity contribution < 1.29 is 9.53 Å². The Hall–Kier alpha value is -1.51. The van der Waals surface area contributed by atoms with Gasteiger partial charge in [0.2, 0.25) is 5.91 Å². The molecule has 0 aliphatic carbocycles. The largest absolute Gasteiger partial charge is 0.496 e. The summed E-state index contributed by atoms with van der Waals surface area (Å²) >= 11 is 0. The Kier molecular flexibility index (Phi) is 15.3. The molecule has 0 aliphatic rings. The summed E-state index contributed by atoms with van der Waals surface area (Å²) in [6.45, 7) is 4.27. The van der Waals surface area contributed by atoms with Gasteiger partial charge in [-0.1, -0.05) is 96.8 Å². The fraction of sp³-hybridized carbons (Fsp3) is 0.731. The van der Waals surface area contributed by atoms with Crippen LogP contribution in [0.15, 0.2) is 18.2 Å². The molecular formula is C26H45NO2. The molecule has 0 saturated heterocycles. The smallest absolute Gasteiger partial charge is 0.224 e. The molecule has 3 nitrogen and oxygen atoms in total. The maximum Gasteiger partial charge on any atom is 0.224 e. The van der Waals surface area contributed by atoms with E-state index in [1.165, 1.54) is 83.5 Å². The number of rotatable bonds is 18. The average molecular weight is 404 g/mol. The van der Waals surface area contributed by atoms with Crippen molar-refractivity contribution in [1.29, 1.82) is 0 Å². The summed E-state index contributed by atoms with van der Waals surface area (Å²) in [6, 6.07) is 5.76. The molecule has 0 aromatic heterocycles. The third-order valence-corrected chi connectivity index (χ3v) is 5.69. The van der Waals surface area contributed by atoms with Gasteiger partial charge < -0.3 is 10.1 Å². The summed E-state index contributed by atoms with van der Waals surface area (Å²) in [5.74, 6) is 0.967. The summed E-state index contributed by atoms with van der Waals surface area (Å²) in [7, 11) is 1.66. The highest BCUT2D eigenvalue weighted by Crippen LogP contribution is 2.21. The molecule has 0 unspecified atom stereocenters. The Morgan fingerprint density at radius 1 is 0.793 bits per heavy atom. The van der Waals surface area contributed by atoms with Gasteiger partial charge >= 0.3 is 0 Å². The van der Waals surface area contributed by atoms with Gasteiger partial charge in [-0.2, -0.15) is 0 Å². The van der Waals surface area contributed by atoms with Crippen LogP contribution in [0, 0.1) is 6.92 Å². The van der Waals surface area contributed by atoms with Crippen LogP contribution in [0.3, 0.4) is 0 Å². The van der Waals surface area contributed by atoms with Crippen LogP contribution in [-0.2, 0) is 4.79 Å². The van der Waals surface area contributed by atoms with Crippen molar-refractivity contribution in [2.45, 2.75) is 117 Å². The molecule has 3 heteroatoms. The van der Waals surface area contributed by atoms with E-state index in [-0.39, 0.29) is 5.91 Å². The first-order valence-electron chi connectivity index (χ1n) is 12.1. The van der Waals surface area contributed by atoms with Crippen LogP contribution in [0.5, 0.6) is 5.75 Å². The quantitative estimate of drug-likeness (QED) is 0.251. The van der Waals surface area contributed by atoms with Crippen molar-refractivity contribution in [2.75, 3.05) is 12.4 Å². The Morgan fingerprint density at radius 2 is 1.28 bits per heavy atom. The second-order valence-electron chi connectivity index (χ2n) is 8.43. The topological polar surface area (TPSA) is 38.3 Å². The fourth-order valence-electron chi connectivity index (χ4n) is 3.84. The Balaban J connectivity index is 1.89. The maximum atomic E-state index is 12.1. The third kappa shape index (κ3) is 13.4. The first-order chi connectivity index (χ1) is 14.2. The van der Waals surface area contributed by atoms with Crippen LogP contribution in [0.4, 0.5) is 5.69 Å². The number of amides is 1. The van der Waals surface area contributed by atoms with Crippen molar-refractivity contribution in [3.05, 3.63) is 23.8 Å². The third-order valence-electron chi connectivity index (χ3n) is 5.69. The zero-order valence-corrected chi connectivity index (χ0v) is 19.4. The molecule has 1 N–H and O–H groups in total. The van der Waals surface area contributed by atoms with Crippen molar-refractivity contribution in [1.82, 2.24) is 0 Å². The summed E-state index contributed by atoms with van der Waals surface area (Å²) in [5, 5.41) is 2.99. The summed E-state index contributed by atoms with van der Waals surface area (Å²) in [4.78, 5) is 12.1. The lowest BCUT2D eigenvalue weighted by Crippen LogP contribution is -2.11. The number of carbonyl (C=O) groups is 1. The van der Waals surface area contributed by atoms with Crippen molar-refractivity contribution >= 4 is 11.6 Å². The van der Waals surface area contributed by atoms with Crippen molar-refractivity contribution in [3.8, 4) is 5.75 Å². The monoisotopic (exact) mass is 403 g/mol. The van der Waals surface area contributed by atoms with E-state index in [9.17, 15) is 4.79 Å². The number of hydrogen-bond acceptors (Lipinski definition) is 2. The van der Waals surface area contributed by atoms with Gasteiger partial charge in [0.25, 0.3) is 0 Å². The lowest BCUT2D eigenvalue weighted by molar-refractivity contribution is -0.116. The molecule has 0 spiro atoms. The zero-order chi connectivity index (χ0) is 21.2. The zero-order valence-electron chi connectivity index (χ0n) is 19.4. The number of hydrogen-bond donors (Lipinski definition) is 1. The molecule has 1 amide bonds. The predicted octanol–water partition coefficient (Wildman–Crippen LogP) is 8.20. The number of unbranched alkanes of at least 4 members (excludes halogenated alkanes) is 14. The molecule has 0 atom stereocenters. The van der Waals surface area contributed by atoms with Gasteiger partial charge in [-0.05, 0) is 37.1 Å². The fourth-order valence-corrected chi connectivity index (χ4v) is 3.84. The molecule has 0 saturated carbocycles. The second-order valence-corrected chi connectivity index (χ2v) is 8.43. The highest BCUT2D eigenvalue weighted by atomic mass is 16.5. The lowest BCUT2D eigenvalue weighted by atomic mass is 10.0. The molecule has 1 rings (SSSR count). The molecule has 0 fully saturated rings. The number of nitrogens with one attached hydrogen (secondary N) is 1. The average Bonchev–Trinajstić information content (AvgIpc) is 2.71. The summed E-state index contributed by atoms with van der Waals surface area (Å²) in [6.07, 6.45) is 20.8. The highest BCUT2D eigenvalue weighted by Gasteiger charge is 2.04. The van der Waals surface area contributed by atoms with Gasteiger partial charge in [0.1, 0.15) is 5.75 Å². The van der Waals surface area contributed by atoms with E-state index in [1.807, 2.05) is 25.1 Å². The number of anilines is 1. The molecular weight excluding hydrogens is 358 g/mol. The Morgan fingerprint density at radius 3 is 1.72 bits per heavy atom.